The third kappa shape index (κ3) is 4.15. The number of hydrogen-bond acceptors (Lipinski definition) is 1. The van der Waals surface area contributed by atoms with E-state index in [0.29, 0.717) is 4.47 Å². The van der Waals surface area contributed by atoms with E-state index in [1.807, 2.05) is 12.1 Å². The van der Waals surface area contributed by atoms with E-state index < -0.39 is 0 Å². The first-order chi connectivity index (χ1) is 10.0. The van der Waals surface area contributed by atoms with Crippen LogP contribution in [0.1, 0.15) is 36.1 Å². The predicted molar refractivity (Wildman–Crippen MR) is 93.1 cm³/mol. The normalized spacial score (nSPS) is 12.4. The molecule has 2 rings (SSSR count). The number of rotatable bonds is 5. The molecular formula is C17H18Br2FN. The van der Waals surface area contributed by atoms with Crippen LogP contribution in [0.5, 0.6) is 0 Å². The number of halogens is 3. The minimum Gasteiger partial charge on any atom is -0.306 e. The molecule has 0 aliphatic heterocycles. The molecule has 4 heteroatoms. The van der Waals surface area contributed by atoms with Gasteiger partial charge in [-0.2, -0.15) is 0 Å². The van der Waals surface area contributed by atoms with Crippen LogP contribution < -0.4 is 5.32 Å². The minimum absolute atomic E-state index is 0.0387. The van der Waals surface area contributed by atoms with E-state index in [9.17, 15) is 4.39 Å². The maximum atomic E-state index is 13.5. The fourth-order valence-electron chi connectivity index (χ4n) is 2.25. The molecule has 0 spiro atoms. The molecule has 112 valence electrons. The largest absolute Gasteiger partial charge is 0.306 e. The van der Waals surface area contributed by atoms with Crippen molar-refractivity contribution >= 4 is 31.9 Å². The molecule has 0 fully saturated rings. The lowest BCUT2D eigenvalue weighted by Gasteiger charge is -2.21. The highest BCUT2D eigenvalue weighted by Crippen LogP contribution is 2.31. The van der Waals surface area contributed by atoms with Crippen molar-refractivity contribution in [1.82, 2.24) is 5.32 Å². The number of hydrogen-bond donors (Lipinski definition) is 1. The van der Waals surface area contributed by atoms with Crippen LogP contribution in [0.3, 0.4) is 0 Å². The van der Waals surface area contributed by atoms with E-state index in [1.54, 1.807) is 0 Å². The molecule has 0 saturated carbocycles. The lowest BCUT2D eigenvalue weighted by molar-refractivity contribution is 0.589. The first-order valence-corrected chi connectivity index (χ1v) is 8.56. The highest BCUT2D eigenvalue weighted by Gasteiger charge is 2.17. The van der Waals surface area contributed by atoms with E-state index >= 15 is 0 Å². The Labute approximate surface area is 142 Å². The maximum Gasteiger partial charge on any atom is 0.137 e. The van der Waals surface area contributed by atoms with Gasteiger partial charge in [-0.3, -0.25) is 0 Å². The smallest absolute Gasteiger partial charge is 0.137 e. The molecule has 1 unspecified atom stereocenters. The van der Waals surface area contributed by atoms with Gasteiger partial charge in [-0.05, 0) is 70.7 Å². The highest BCUT2D eigenvalue weighted by atomic mass is 79.9. The molecule has 0 radical (unpaired) electrons. The van der Waals surface area contributed by atoms with Gasteiger partial charge in [-0.25, -0.2) is 4.39 Å². The van der Waals surface area contributed by atoms with Gasteiger partial charge in [0.1, 0.15) is 5.82 Å². The van der Waals surface area contributed by atoms with Crippen molar-refractivity contribution in [3.05, 3.63) is 67.9 Å². The molecule has 0 amide bonds. The summed E-state index contributed by atoms with van der Waals surface area (Å²) in [5.74, 6) is -0.240. The molecule has 0 aliphatic rings. The van der Waals surface area contributed by atoms with Crippen molar-refractivity contribution in [3.63, 3.8) is 0 Å². The molecule has 2 aromatic rings. The Balaban J connectivity index is 2.44. The average Bonchev–Trinajstić information content (AvgIpc) is 2.44. The maximum absolute atomic E-state index is 13.5. The van der Waals surface area contributed by atoms with Crippen LogP contribution in [0.2, 0.25) is 0 Å². The third-order valence-electron chi connectivity index (χ3n) is 3.34. The number of benzene rings is 2. The van der Waals surface area contributed by atoms with Gasteiger partial charge < -0.3 is 5.32 Å². The van der Waals surface area contributed by atoms with Crippen LogP contribution >= 0.6 is 31.9 Å². The van der Waals surface area contributed by atoms with Gasteiger partial charge in [-0.1, -0.05) is 41.1 Å². The quantitative estimate of drug-likeness (QED) is 0.656. The number of aryl methyl sites for hydroxylation is 1. The molecule has 1 N–H and O–H groups in total. The fraction of sp³-hybridized carbons (Fsp3) is 0.294. The summed E-state index contributed by atoms with van der Waals surface area (Å²) in [7, 11) is 0. The van der Waals surface area contributed by atoms with Gasteiger partial charge in [0.2, 0.25) is 0 Å². The number of nitrogens with one attached hydrogen (secondary N) is 1. The van der Waals surface area contributed by atoms with E-state index in [0.717, 1.165) is 28.6 Å². The van der Waals surface area contributed by atoms with Gasteiger partial charge in [-0.15, -0.1) is 0 Å². The van der Waals surface area contributed by atoms with Gasteiger partial charge in [0.25, 0.3) is 0 Å². The van der Waals surface area contributed by atoms with Gasteiger partial charge >= 0.3 is 0 Å². The summed E-state index contributed by atoms with van der Waals surface area (Å²) in [5.41, 5.74) is 3.41. The summed E-state index contributed by atoms with van der Waals surface area (Å²) in [6.07, 6.45) is 1.04. The Morgan fingerprint density at radius 2 is 1.86 bits per heavy atom. The predicted octanol–water partition coefficient (Wildman–Crippen LogP) is 5.75. The summed E-state index contributed by atoms with van der Waals surface area (Å²) in [4.78, 5) is 0. The molecule has 0 saturated heterocycles. The third-order valence-corrected chi connectivity index (χ3v) is 4.64. The van der Waals surface area contributed by atoms with Crippen molar-refractivity contribution in [3.8, 4) is 0 Å². The summed E-state index contributed by atoms with van der Waals surface area (Å²) >= 11 is 6.91. The van der Waals surface area contributed by atoms with Crippen molar-refractivity contribution in [2.24, 2.45) is 0 Å². The zero-order chi connectivity index (χ0) is 15.4. The molecule has 0 aromatic heterocycles. The first-order valence-electron chi connectivity index (χ1n) is 6.97. The molecule has 1 nitrogen and oxygen atoms in total. The molecular weight excluding hydrogens is 397 g/mol. The first kappa shape index (κ1) is 16.7. The van der Waals surface area contributed by atoms with Gasteiger partial charge in [0, 0.05) is 4.47 Å². The summed E-state index contributed by atoms with van der Waals surface area (Å²) < 4.78 is 15.0. The standard InChI is InChI=1S/C17H18Br2FN/c1-3-8-21-17(12-5-7-16(20)15(19)10-12)13-6-4-11(2)9-14(13)18/h4-7,9-10,17,21H,3,8H2,1-2H3. The van der Waals surface area contributed by atoms with Crippen LogP contribution in [0.15, 0.2) is 45.3 Å². The SMILES string of the molecule is CCCNC(c1ccc(F)c(Br)c1)c1ccc(C)cc1Br. The molecule has 21 heavy (non-hydrogen) atoms. The monoisotopic (exact) mass is 413 g/mol. The second kappa shape index (κ2) is 7.52. The lowest BCUT2D eigenvalue weighted by Crippen LogP contribution is -2.23. The van der Waals surface area contributed by atoms with Gasteiger partial charge in [0.15, 0.2) is 0 Å². The van der Waals surface area contributed by atoms with Crippen molar-refractivity contribution in [2.75, 3.05) is 6.54 Å². The Bertz CT molecular complexity index is 628. The van der Waals surface area contributed by atoms with Crippen LogP contribution in [-0.2, 0) is 0 Å². The van der Waals surface area contributed by atoms with Gasteiger partial charge in [0.05, 0.1) is 10.5 Å². The Kier molecular flexibility index (Phi) is 5.97. The zero-order valence-electron chi connectivity index (χ0n) is 12.1. The summed E-state index contributed by atoms with van der Waals surface area (Å²) in [5, 5.41) is 3.54. The lowest BCUT2D eigenvalue weighted by atomic mass is 9.97. The molecule has 1 atom stereocenters. The van der Waals surface area contributed by atoms with Crippen LogP contribution in [-0.4, -0.2) is 6.54 Å². The topological polar surface area (TPSA) is 12.0 Å². The Morgan fingerprint density at radius 1 is 1.10 bits per heavy atom. The zero-order valence-corrected chi connectivity index (χ0v) is 15.3. The van der Waals surface area contributed by atoms with Crippen LogP contribution in [0, 0.1) is 12.7 Å². The molecule has 0 bridgehead atoms. The molecule has 0 aliphatic carbocycles. The van der Waals surface area contributed by atoms with E-state index in [4.69, 9.17) is 0 Å². The fourth-order valence-corrected chi connectivity index (χ4v) is 3.37. The minimum atomic E-state index is -0.240. The van der Waals surface area contributed by atoms with Crippen LogP contribution in [0.4, 0.5) is 4.39 Å². The second-order valence-electron chi connectivity index (χ2n) is 5.09. The van der Waals surface area contributed by atoms with E-state index in [2.05, 4.69) is 69.2 Å². The van der Waals surface area contributed by atoms with E-state index in [1.165, 1.54) is 11.6 Å². The molecule has 2 aromatic carbocycles. The summed E-state index contributed by atoms with van der Waals surface area (Å²) in [6, 6.07) is 11.5. The average molecular weight is 415 g/mol. The van der Waals surface area contributed by atoms with Crippen molar-refractivity contribution in [2.45, 2.75) is 26.3 Å². The Morgan fingerprint density at radius 3 is 2.48 bits per heavy atom. The highest BCUT2D eigenvalue weighted by molar-refractivity contribution is 9.10. The van der Waals surface area contributed by atoms with Crippen molar-refractivity contribution < 1.29 is 4.39 Å². The Hall–Kier alpha value is -0.710. The van der Waals surface area contributed by atoms with Crippen LogP contribution in [0.25, 0.3) is 0 Å². The summed E-state index contributed by atoms with van der Waals surface area (Å²) in [6.45, 7) is 5.10. The molecule has 0 heterocycles. The van der Waals surface area contributed by atoms with E-state index in [-0.39, 0.29) is 11.9 Å². The van der Waals surface area contributed by atoms with Crippen molar-refractivity contribution in [1.29, 1.82) is 0 Å². The second-order valence-corrected chi connectivity index (χ2v) is 6.79.